The number of benzene rings is 1. The first-order valence-electron chi connectivity index (χ1n) is 11.3. The van der Waals surface area contributed by atoms with Crippen LogP contribution in [0.5, 0.6) is 11.6 Å². The van der Waals surface area contributed by atoms with Crippen molar-refractivity contribution in [2.75, 3.05) is 0 Å². The molecule has 1 saturated carbocycles. The minimum atomic E-state index is -0.0250. The highest BCUT2D eigenvalue weighted by Crippen LogP contribution is 2.34. The van der Waals surface area contributed by atoms with Crippen molar-refractivity contribution in [1.82, 2.24) is 19.5 Å². The van der Waals surface area contributed by atoms with Crippen molar-refractivity contribution in [1.29, 1.82) is 5.26 Å². The zero-order valence-corrected chi connectivity index (χ0v) is 21.0. The van der Waals surface area contributed by atoms with Crippen molar-refractivity contribution in [3.05, 3.63) is 76.5 Å². The van der Waals surface area contributed by atoms with Crippen LogP contribution in [0, 0.1) is 15.0 Å². The maximum Gasteiger partial charge on any atom is 0.231 e. The zero-order valence-electron chi connectivity index (χ0n) is 18.9. The predicted octanol–water partition coefficient (Wildman–Crippen LogP) is 5.65. The van der Waals surface area contributed by atoms with Crippen LogP contribution in [0.3, 0.4) is 0 Å². The summed E-state index contributed by atoms with van der Waals surface area (Å²) in [6, 6.07) is 16.2. The molecule has 1 aromatic carbocycles. The zero-order chi connectivity index (χ0) is 23.9. The summed E-state index contributed by atoms with van der Waals surface area (Å²) in [4.78, 5) is 13.0. The van der Waals surface area contributed by atoms with Gasteiger partial charge in [-0.25, -0.2) is 9.97 Å². The van der Waals surface area contributed by atoms with E-state index in [-0.39, 0.29) is 12.2 Å². The first-order chi connectivity index (χ1) is 17.1. The molecule has 4 aromatic heterocycles. The lowest BCUT2D eigenvalue weighted by atomic mass is 9.92. The number of nitrogens with zero attached hydrogens (tertiary/aromatic N) is 5. The van der Waals surface area contributed by atoms with Gasteiger partial charge in [-0.3, -0.25) is 4.98 Å². The van der Waals surface area contributed by atoms with Crippen molar-refractivity contribution in [3.63, 3.8) is 0 Å². The van der Waals surface area contributed by atoms with Gasteiger partial charge in [0.2, 0.25) is 5.88 Å². The normalized spacial score (nSPS) is 17.2. The van der Waals surface area contributed by atoms with Crippen LogP contribution in [0.1, 0.15) is 18.4 Å². The molecule has 35 heavy (non-hydrogen) atoms. The number of ether oxygens (including phenoxy) is 2. The molecule has 5 aromatic rings. The molecule has 0 N–H and O–H groups in total. The monoisotopic (exact) mass is 573 g/mol. The Hall–Kier alpha value is -3.71. The van der Waals surface area contributed by atoms with E-state index in [4.69, 9.17) is 9.47 Å². The van der Waals surface area contributed by atoms with E-state index in [1.807, 2.05) is 30.5 Å². The Morgan fingerprint density at radius 2 is 1.77 bits per heavy atom. The first-order valence-corrected chi connectivity index (χ1v) is 12.3. The van der Waals surface area contributed by atoms with Crippen LogP contribution in [-0.2, 0) is 7.05 Å². The molecular formula is C27H20IN5O2. The molecule has 0 amide bonds. The van der Waals surface area contributed by atoms with E-state index < -0.39 is 0 Å². The van der Waals surface area contributed by atoms with Crippen LogP contribution in [0.25, 0.3) is 32.9 Å². The van der Waals surface area contributed by atoms with Crippen LogP contribution in [0.15, 0.2) is 67.3 Å². The third kappa shape index (κ3) is 4.06. The molecule has 1 aliphatic carbocycles. The molecule has 4 heterocycles. The lowest BCUT2D eigenvalue weighted by Gasteiger charge is -2.35. The molecule has 8 heteroatoms. The fraction of sp³-hybridized carbons (Fsp3) is 0.185. The van der Waals surface area contributed by atoms with Crippen LogP contribution in [0.4, 0.5) is 0 Å². The number of hydrogen-bond donors (Lipinski definition) is 0. The molecule has 7 nitrogen and oxygen atoms in total. The van der Waals surface area contributed by atoms with Gasteiger partial charge in [-0.2, -0.15) is 5.26 Å². The van der Waals surface area contributed by atoms with E-state index in [0.29, 0.717) is 11.4 Å². The number of halogens is 1. The second-order valence-electron chi connectivity index (χ2n) is 8.64. The van der Waals surface area contributed by atoms with Gasteiger partial charge in [0.15, 0.2) is 0 Å². The van der Waals surface area contributed by atoms with Crippen molar-refractivity contribution < 1.29 is 9.47 Å². The Balaban J connectivity index is 1.19. The largest absolute Gasteiger partial charge is 0.489 e. The van der Waals surface area contributed by atoms with Crippen LogP contribution in [0.2, 0.25) is 0 Å². The smallest absolute Gasteiger partial charge is 0.231 e. The third-order valence-corrected chi connectivity index (χ3v) is 7.08. The van der Waals surface area contributed by atoms with Gasteiger partial charge in [-0.05, 0) is 58.5 Å². The van der Waals surface area contributed by atoms with Gasteiger partial charge >= 0.3 is 0 Å². The number of hydrogen-bond acceptors (Lipinski definition) is 6. The van der Waals surface area contributed by atoms with Gasteiger partial charge in [0.25, 0.3) is 0 Å². The SMILES string of the molecule is Cn1c2ccncc2c2ccc(-c3cnc(OC4CC(Oc5ccc(I)nc5)C4)c(C#N)c3)cc21. The number of rotatable bonds is 5. The summed E-state index contributed by atoms with van der Waals surface area (Å²) in [6.45, 7) is 0. The Labute approximate surface area is 215 Å². The number of aromatic nitrogens is 4. The summed E-state index contributed by atoms with van der Waals surface area (Å²) in [5.74, 6) is 1.13. The summed E-state index contributed by atoms with van der Waals surface area (Å²) in [5.41, 5.74) is 4.53. The van der Waals surface area contributed by atoms with E-state index in [1.54, 1.807) is 18.6 Å². The predicted molar refractivity (Wildman–Crippen MR) is 141 cm³/mol. The molecule has 0 spiro atoms. The lowest BCUT2D eigenvalue weighted by molar-refractivity contribution is 0.00192. The molecule has 0 aliphatic heterocycles. The summed E-state index contributed by atoms with van der Waals surface area (Å²) in [7, 11) is 2.05. The van der Waals surface area contributed by atoms with Crippen molar-refractivity contribution in [3.8, 4) is 28.8 Å². The second kappa shape index (κ2) is 8.82. The average molecular weight is 573 g/mol. The quantitative estimate of drug-likeness (QED) is 0.200. The highest BCUT2D eigenvalue weighted by molar-refractivity contribution is 14.1. The highest BCUT2D eigenvalue weighted by Gasteiger charge is 2.33. The van der Waals surface area contributed by atoms with E-state index in [2.05, 4.69) is 73.4 Å². The van der Waals surface area contributed by atoms with E-state index in [9.17, 15) is 5.26 Å². The minimum Gasteiger partial charge on any atom is -0.489 e. The molecule has 1 aliphatic rings. The maximum absolute atomic E-state index is 9.76. The van der Waals surface area contributed by atoms with Gasteiger partial charge in [-0.1, -0.05) is 12.1 Å². The van der Waals surface area contributed by atoms with Crippen molar-refractivity contribution >= 4 is 44.4 Å². The highest BCUT2D eigenvalue weighted by atomic mass is 127. The molecule has 1 fully saturated rings. The Bertz CT molecular complexity index is 1600. The number of fused-ring (bicyclic) bond motifs is 3. The van der Waals surface area contributed by atoms with Crippen LogP contribution < -0.4 is 9.47 Å². The van der Waals surface area contributed by atoms with E-state index in [0.717, 1.165) is 55.2 Å². The van der Waals surface area contributed by atoms with Crippen molar-refractivity contribution in [2.45, 2.75) is 25.0 Å². The van der Waals surface area contributed by atoms with E-state index >= 15 is 0 Å². The number of aryl methyl sites for hydroxylation is 1. The lowest BCUT2D eigenvalue weighted by Crippen LogP contribution is -2.41. The maximum atomic E-state index is 9.76. The summed E-state index contributed by atoms with van der Waals surface area (Å²) >= 11 is 2.17. The number of nitriles is 1. The standard InChI is InChI=1S/C27H20IN5O2/c1-33-24-6-7-30-15-23(24)22-4-2-16(9-25(22)33)18-8-17(12-29)27(32-13-18)35-21-10-20(11-21)34-19-3-5-26(28)31-14-19/h2-9,13-15,20-21H,10-11H2,1H3. The molecule has 0 radical (unpaired) electrons. The van der Waals surface area contributed by atoms with Crippen molar-refractivity contribution in [2.24, 2.45) is 7.05 Å². The minimum absolute atomic E-state index is 0.0250. The topological polar surface area (TPSA) is 85.8 Å². The van der Waals surface area contributed by atoms with Gasteiger partial charge < -0.3 is 14.0 Å². The fourth-order valence-corrected chi connectivity index (χ4v) is 4.83. The van der Waals surface area contributed by atoms with Gasteiger partial charge in [0.05, 0.1) is 11.7 Å². The fourth-order valence-electron chi connectivity index (χ4n) is 4.51. The molecule has 0 saturated heterocycles. The molecule has 0 atom stereocenters. The van der Waals surface area contributed by atoms with Crippen LogP contribution in [-0.4, -0.2) is 31.7 Å². The Morgan fingerprint density at radius 1 is 0.914 bits per heavy atom. The van der Waals surface area contributed by atoms with Gasteiger partial charge in [0, 0.05) is 60.3 Å². The van der Waals surface area contributed by atoms with Gasteiger partial charge in [0.1, 0.15) is 33.3 Å². The molecular weight excluding hydrogens is 553 g/mol. The average Bonchev–Trinajstić information content (AvgIpc) is 3.15. The van der Waals surface area contributed by atoms with E-state index in [1.165, 1.54) is 0 Å². The molecule has 0 unspecified atom stereocenters. The molecule has 172 valence electrons. The second-order valence-corrected chi connectivity index (χ2v) is 9.75. The summed E-state index contributed by atoms with van der Waals surface area (Å²) in [6.07, 6.45) is 8.74. The Morgan fingerprint density at radius 3 is 2.57 bits per heavy atom. The third-order valence-electron chi connectivity index (χ3n) is 6.45. The number of pyridine rings is 3. The summed E-state index contributed by atoms with van der Waals surface area (Å²) in [5, 5.41) is 12.0. The Kier molecular flexibility index (Phi) is 5.49. The first kappa shape index (κ1) is 21.8. The molecule has 6 rings (SSSR count). The van der Waals surface area contributed by atoms with Gasteiger partial charge in [-0.15, -0.1) is 0 Å². The molecule has 0 bridgehead atoms. The summed E-state index contributed by atoms with van der Waals surface area (Å²) < 4.78 is 15.1. The van der Waals surface area contributed by atoms with Crippen LogP contribution >= 0.6 is 22.6 Å².